The highest BCUT2D eigenvalue weighted by atomic mass is 19.1. The zero-order chi connectivity index (χ0) is 20.9. The van der Waals surface area contributed by atoms with Gasteiger partial charge >= 0.3 is 0 Å². The lowest BCUT2D eigenvalue weighted by atomic mass is 9.77. The molecular weight excluding hydrogens is 379 g/mol. The molecule has 30 heavy (non-hydrogen) atoms. The second kappa shape index (κ2) is 9.39. The summed E-state index contributed by atoms with van der Waals surface area (Å²) in [4.78, 5) is 4.22. The molecule has 5 nitrogen and oxygen atoms in total. The summed E-state index contributed by atoms with van der Waals surface area (Å²) in [6.45, 7) is 6.54. The van der Waals surface area contributed by atoms with Crippen LogP contribution in [0.2, 0.25) is 0 Å². The lowest BCUT2D eigenvalue weighted by Gasteiger charge is -2.32. The molecule has 156 valence electrons. The van der Waals surface area contributed by atoms with E-state index in [1.807, 2.05) is 18.5 Å². The Bertz CT molecular complexity index is 949. The maximum Gasteiger partial charge on any atom is 0.260 e. The molecule has 4 rings (SSSR count). The fourth-order valence-electron chi connectivity index (χ4n) is 4.42. The summed E-state index contributed by atoms with van der Waals surface area (Å²) in [5.74, 6) is 1.02. The van der Waals surface area contributed by atoms with Crippen LogP contribution in [-0.2, 0) is 11.2 Å². The third-order valence-corrected chi connectivity index (χ3v) is 6.23. The van der Waals surface area contributed by atoms with Crippen LogP contribution in [0.25, 0.3) is 5.70 Å². The zero-order valence-corrected chi connectivity index (χ0v) is 17.4. The fourth-order valence-corrected chi connectivity index (χ4v) is 4.42. The molecule has 0 spiro atoms. The highest BCUT2D eigenvalue weighted by Crippen LogP contribution is 2.34. The predicted octanol–water partition coefficient (Wildman–Crippen LogP) is 5.44. The molecule has 1 unspecified atom stereocenters. The van der Waals surface area contributed by atoms with E-state index in [4.69, 9.17) is 4.74 Å². The van der Waals surface area contributed by atoms with Crippen LogP contribution in [0, 0.1) is 17.7 Å². The minimum absolute atomic E-state index is 0.204. The van der Waals surface area contributed by atoms with Gasteiger partial charge in [0, 0.05) is 12.4 Å². The summed E-state index contributed by atoms with van der Waals surface area (Å²) in [7, 11) is 0. The van der Waals surface area contributed by atoms with Gasteiger partial charge in [-0.2, -0.15) is 0 Å². The number of nitrogens with zero attached hydrogens (tertiary/aromatic N) is 4. The highest BCUT2D eigenvalue weighted by Gasteiger charge is 2.31. The molecule has 1 atom stereocenters. The summed E-state index contributed by atoms with van der Waals surface area (Å²) in [5, 5.41) is 8.09. The Morgan fingerprint density at radius 3 is 2.70 bits per heavy atom. The van der Waals surface area contributed by atoms with Crippen molar-refractivity contribution in [3.05, 3.63) is 71.4 Å². The third kappa shape index (κ3) is 4.70. The van der Waals surface area contributed by atoms with E-state index in [-0.39, 0.29) is 11.9 Å². The SMILES string of the molecule is C=[N+]1N=NC(c2ccccc2F)=C1COC1CCC(C(C)Cc2cccnc2)CC1. The number of aromatic nitrogens is 1. The van der Waals surface area contributed by atoms with Gasteiger partial charge in [-0.15, -0.1) is 4.68 Å². The van der Waals surface area contributed by atoms with Gasteiger partial charge in [-0.05, 0) is 67.7 Å². The molecule has 2 aromatic rings. The zero-order valence-electron chi connectivity index (χ0n) is 17.4. The molecule has 1 saturated carbocycles. The number of rotatable bonds is 7. The standard InChI is InChI=1S/C24H28FN4O/c1-17(14-18-6-5-13-26-15-18)19-9-11-20(12-10-19)30-16-23-24(27-28-29(23)2)21-7-3-4-8-22(21)25/h3-8,13,15,17,19-20H,2,9-12,14,16H2,1H3/q+1. The smallest absolute Gasteiger partial charge is 0.260 e. The Morgan fingerprint density at radius 2 is 1.97 bits per heavy atom. The first kappa shape index (κ1) is 20.5. The van der Waals surface area contributed by atoms with Crippen molar-refractivity contribution in [2.75, 3.05) is 6.61 Å². The molecule has 6 heteroatoms. The van der Waals surface area contributed by atoms with E-state index in [0.29, 0.717) is 35.4 Å². The molecule has 1 aliphatic carbocycles. The molecule has 0 saturated heterocycles. The van der Waals surface area contributed by atoms with Crippen molar-refractivity contribution in [3.8, 4) is 0 Å². The van der Waals surface area contributed by atoms with Crippen LogP contribution in [0.3, 0.4) is 0 Å². The van der Waals surface area contributed by atoms with Crippen LogP contribution in [0.4, 0.5) is 4.39 Å². The minimum Gasteiger partial charge on any atom is -0.369 e. The van der Waals surface area contributed by atoms with Crippen molar-refractivity contribution in [2.45, 2.75) is 45.1 Å². The average Bonchev–Trinajstić information content (AvgIpc) is 3.14. The number of benzene rings is 1. The van der Waals surface area contributed by atoms with Crippen LogP contribution in [0.15, 0.2) is 64.8 Å². The van der Waals surface area contributed by atoms with Gasteiger partial charge in [0.1, 0.15) is 17.6 Å². The Morgan fingerprint density at radius 1 is 1.17 bits per heavy atom. The molecule has 0 amide bonds. The van der Waals surface area contributed by atoms with Gasteiger partial charge < -0.3 is 4.74 Å². The lowest BCUT2D eigenvalue weighted by molar-refractivity contribution is -0.479. The number of hydrogen-bond donors (Lipinski definition) is 0. The molecule has 1 aromatic heterocycles. The van der Waals surface area contributed by atoms with E-state index in [1.165, 1.54) is 16.3 Å². The van der Waals surface area contributed by atoms with E-state index in [1.54, 1.807) is 18.2 Å². The van der Waals surface area contributed by atoms with Crippen molar-refractivity contribution < 1.29 is 13.8 Å². The van der Waals surface area contributed by atoms with Crippen molar-refractivity contribution in [2.24, 2.45) is 22.2 Å². The Hall–Kier alpha value is -2.73. The number of pyridine rings is 1. The van der Waals surface area contributed by atoms with Gasteiger partial charge in [-0.25, -0.2) is 4.39 Å². The summed E-state index contributed by atoms with van der Waals surface area (Å²) in [6.07, 6.45) is 9.46. The van der Waals surface area contributed by atoms with Crippen molar-refractivity contribution >= 4 is 12.4 Å². The van der Waals surface area contributed by atoms with Crippen LogP contribution in [0.5, 0.6) is 0 Å². The number of ether oxygens (including phenoxy) is 1. The molecule has 2 heterocycles. The number of halogens is 1. The van der Waals surface area contributed by atoms with Gasteiger partial charge in [0.15, 0.2) is 0 Å². The maximum absolute atomic E-state index is 14.2. The second-order valence-corrected chi connectivity index (χ2v) is 8.25. The summed E-state index contributed by atoms with van der Waals surface area (Å²) < 4.78 is 21.8. The Balaban J connectivity index is 1.31. The molecule has 0 N–H and O–H groups in total. The van der Waals surface area contributed by atoms with E-state index in [2.05, 4.69) is 35.0 Å². The minimum atomic E-state index is -0.317. The first-order valence-electron chi connectivity index (χ1n) is 10.6. The monoisotopic (exact) mass is 407 g/mol. The first-order valence-corrected chi connectivity index (χ1v) is 10.6. The molecule has 0 bridgehead atoms. The van der Waals surface area contributed by atoms with Gasteiger partial charge in [0.25, 0.3) is 5.70 Å². The summed E-state index contributed by atoms with van der Waals surface area (Å²) in [5.41, 5.74) is 2.94. The van der Waals surface area contributed by atoms with Gasteiger partial charge in [-0.1, -0.05) is 25.1 Å². The molecule has 2 aliphatic rings. The van der Waals surface area contributed by atoms with E-state index >= 15 is 0 Å². The third-order valence-electron chi connectivity index (χ3n) is 6.23. The second-order valence-electron chi connectivity index (χ2n) is 8.25. The molecule has 1 fully saturated rings. The van der Waals surface area contributed by atoms with E-state index in [0.717, 1.165) is 32.1 Å². The van der Waals surface area contributed by atoms with Crippen LogP contribution < -0.4 is 0 Å². The van der Waals surface area contributed by atoms with E-state index in [9.17, 15) is 4.39 Å². The Labute approximate surface area is 177 Å². The largest absolute Gasteiger partial charge is 0.369 e. The quantitative estimate of drug-likeness (QED) is 0.574. The molecule has 1 aliphatic heterocycles. The summed E-state index contributed by atoms with van der Waals surface area (Å²) in [6, 6.07) is 10.7. The fraction of sp³-hybridized carbons (Fsp3) is 0.417. The van der Waals surface area contributed by atoms with Crippen molar-refractivity contribution in [3.63, 3.8) is 0 Å². The van der Waals surface area contributed by atoms with E-state index < -0.39 is 0 Å². The van der Waals surface area contributed by atoms with Crippen molar-refractivity contribution in [1.29, 1.82) is 0 Å². The van der Waals surface area contributed by atoms with Gasteiger partial charge in [0.05, 0.1) is 23.5 Å². The summed E-state index contributed by atoms with van der Waals surface area (Å²) >= 11 is 0. The van der Waals surface area contributed by atoms with Gasteiger partial charge in [-0.3, -0.25) is 4.98 Å². The maximum atomic E-state index is 14.2. The molecule has 0 radical (unpaired) electrons. The highest BCUT2D eigenvalue weighted by molar-refractivity contribution is 5.67. The van der Waals surface area contributed by atoms with Crippen LogP contribution >= 0.6 is 0 Å². The molecular formula is C24H28FN4O+. The molecule has 1 aromatic carbocycles. The van der Waals surface area contributed by atoms with Crippen LogP contribution in [0.1, 0.15) is 43.7 Å². The predicted molar refractivity (Wildman–Crippen MR) is 114 cm³/mol. The normalized spacial score (nSPS) is 22.5. The first-order chi connectivity index (χ1) is 14.6. The Kier molecular flexibility index (Phi) is 6.43. The lowest BCUT2D eigenvalue weighted by Crippen LogP contribution is -2.27. The van der Waals surface area contributed by atoms with Gasteiger partial charge in [0.2, 0.25) is 5.70 Å². The van der Waals surface area contributed by atoms with Crippen molar-refractivity contribution in [1.82, 2.24) is 4.98 Å². The average molecular weight is 408 g/mol. The number of hydrogen-bond acceptors (Lipinski definition) is 4. The topological polar surface area (TPSA) is 49.8 Å². The van der Waals surface area contributed by atoms with Crippen LogP contribution in [-0.4, -0.2) is 29.1 Å².